The number of nitrogens with one attached hydrogen (secondary N) is 1. The molecule has 4 rings (SSSR count). The van der Waals surface area contributed by atoms with Crippen LogP contribution in [0.5, 0.6) is 0 Å². The Balaban J connectivity index is 1.54. The molecule has 1 aliphatic rings. The van der Waals surface area contributed by atoms with Crippen LogP contribution in [0.3, 0.4) is 0 Å². The van der Waals surface area contributed by atoms with Crippen molar-refractivity contribution in [3.8, 4) is 0 Å². The predicted molar refractivity (Wildman–Crippen MR) is 93.9 cm³/mol. The first kappa shape index (κ1) is 14.6. The lowest BCUT2D eigenvalue weighted by atomic mass is 10.2. The van der Waals surface area contributed by atoms with Crippen molar-refractivity contribution < 1.29 is 4.79 Å². The third-order valence-electron chi connectivity index (χ3n) is 4.09. The zero-order valence-corrected chi connectivity index (χ0v) is 14.1. The molecule has 0 aromatic carbocycles. The standard InChI is InChI=1S/C16H16N4OS2/c21-15(17-9-11-3-2-7-22-11)13-4-1-6-20(13)14-12-5-8-23-16(12)19-10-18-14/h2-3,5,7-8,10,13H,1,4,6,9H2,(H,17,21)/t13-/m1/s1. The lowest BCUT2D eigenvalue weighted by Gasteiger charge is -2.25. The van der Waals surface area contributed by atoms with Crippen molar-refractivity contribution in [3.63, 3.8) is 0 Å². The van der Waals surface area contributed by atoms with E-state index < -0.39 is 0 Å². The molecule has 7 heteroatoms. The summed E-state index contributed by atoms with van der Waals surface area (Å²) in [5.74, 6) is 0.961. The van der Waals surface area contributed by atoms with Crippen molar-refractivity contribution in [2.75, 3.05) is 11.4 Å². The molecule has 23 heavy (non-hydrogen) atoms. The van der Waals surface area contributed by atoms with Gasteiger partial charge in [-0.3, -0.25) is 4.79 Å². The van der Waals surface area contributed by atoms with Gasteiger partial charge in [-0.05, 0) is 35.7 Å². The van der Waals surface area contributed by atoms with Crippen LogP contribution in [0, 0.1) is 0 Å². The molecule has 3 aromatic heterocycles. The number of amides is 1. The molecule has 1 aliphatic heterocycles. The van der Waals surface area contributed by atoms with Gasteiger partial charge in [0.15, 0.2) is 0 Å². The lowest BCUT2D eigenvalue weighted by Crippen LogP contribution is -2.43. The molecule has 1 saturated heterocycles. The Morgan fingerprint density at radius 2 is 2.26 bits per heavy atom. The molecule has 0 saturated carbocycles. The Bertz CT molecular complexity index is 814. The number of rotatable bonds is 4. The van der Waals surface area contributed by atoms with E-state index >= 15 is 0 Å². The van der Waals surface area contributed by atoms with E-state index in [0.717, 1.165) is 35.4 Å². The fourth-order valence-electron chi connectivity index (χ4n) is 3.00. The van der Waals surface area contributed by atoms with Crippen LogP contribution in [0.4, 0.5) is 5.82 Å². The maximum Gasteiger partial charge on any atom is 0.243 e. The highest BCUT2D eigenvalue weighted by atomic mass is 32.1. The number of carbonyl (C=O) groups is 1. The third-order valence-corrected chi connectivity index (χ3v) is 5.78. The van der Waals surface area contributed by atoms with Gasteiger partial charge in [-0.25, -0.2) is 9.97 Å². The van der Waals surface area contributed by atoms with Gasteiger partial charge in [0, 0.05) is 11.4 Å². The molecule has 5 nitrogen and oxygen atoms in total. The van der Waals surface area contributed by atoms with Gasteiger partial charge in [0.25, 0.3) is 0 Å². The fraction of sp³-hybridized carbons (Fsp3) is 0.312. The molecule has 0 radical (unpaired) electrons. The monoisotopic (exact) mass is 344 g/mol. The van der Waals surface area contributed by atoms with Gasteiger partial charge in [-0.1, -0.05) is 6.07 Å². The summed E-state index contributed by atoms with van der Waals surface area (Å²) in [4.78, 5) is 25.6. The second-order valence-corrected chi connectivity index (χ2v) is 7.41. The topological polar surface area (TPSA) is 58.1 Å². The summed E-state index contributed by atoms with van der Waals surface area (Å²) < 4.78 is 0. The number of anilines is 1. The Morgan fingerprint density at radius 3 is 3.13 bits per heavy atom. The van der Waals surface area contributed by atoms with Gasteiger partial charge in [-0.2, -0.15) is 0 Å². The van der Waals surface area contributed by atoms with Gasteiger partial charge in [0.2, 0.25) is 5.91 Å². The van der Waals surface area contributed by atoms with E-state index in [1.807, 2.05) is 29.0 Å². The highest BCUT2D eigenvalue weighted by Crippen LogP contribution is 2.31. The van der Waals surface area contributed by atoms with Crippen LogP contribution in [0.15, 0.2) is 35.3 Å². The minimum absolute atomic E-state index is 0.0814. The largest absolute Gasteiger partial charge is 0.349 e. The normalized spacial score (nSPS) is 17.7. The third kappa shape index (κ3) is 2.82. The van der Waals surface area contributed by atoms with Crippen LogP contribution < -0.4 is 10.2 Å². The maximum atomic E-state index is 12.6. The number of nitrogens with zero attached hydrogens (tertiary/aromatic N) is 3. The summed E-state index contributed by atoms with van der Waals surface area (Å²) in [5, 5.41) is 8.14. The van der Waals surface area contributed by atoms with Crippen LogP contribution in [0.1, 0.15) is 17.7 Å². The Labute approximate surface area is 142 Å². The molecule has 1 fully saturated rings. The van der Waals surface area contributed by atoms with Gasteiger partial charge in [-0.15, -0.1) is 22.7 Å². The van der Waals surface area contributed by atoms with Crippen molar-refractivity contribution in [1.82, 2.24) is 15.3 Å². The highest BCUT2D eigenvalue weighted by molar-refractivity contribution is 7.16. The van der Waals surface area contributed by atoms with Crippen molar-refractivity contribution >= 4 is 44.6 Å². The molecule has 0 spiro atoms. The number of fused-ring (bicyclic) bond motifs is 1. The zero-order chi connectivity index (χ0) is 15.6. The lowest BCUT2D eigenvalue weighted by molar-refractivity contribution is -0.122. The molecule has 0 bridgehead atoms. The average Bonchev–Trinajstić information content (AvgIpc) is 3.32. The number of aromatic nitrogens is 2. The Kier molecular flexibility index (Phi) is 3.97. The molecular weight excluding hydrogens is 328 g/mol. The van der Waals surface area contributed by atoms with Crippen molar-refractivity contribution in [1.29, 1.82) is 0 Å². The smallest absolute Gasteiger partial charge is 0.243 e. The molecule has 0 aliphatic carbocycles. The highest BCUT2D eigenvalue weighted by Gasteiger charge is 2.32. The van der Waals surface area contributed by atoms with E-state index in [4.69, 9.17) is 0 Å². The number of carbonyl (C=O) groups excluding carboxylic acids is 1. The Hall–Kier alpha value is -1.99. The van der Waals surface area contributed by atoms with Crippen molar-refractivity contribution in [2.45, 2.75) is 25.4 Å². The number of hydrogen-bond acceptors (Lipinski definition) is 6. The first-order valence-electron chi connectivity index (χ1n) is 7.58. The fourth-order valence-corrected chi connectivity index (χ4v) is 4.38. The molecule has 1 N–H and O–H groups in total. The summed E-state index contributed by atoms with van der Waals surface area (Å²) in [6, 6.07) is 5.93. The van der Waals surface area contributed by atoms with Gasteiger partial charge in [0.1, 0.15) is 23.0 Å². The zero-order valence-electron chi connectivity index (χ0n) is 12.4. The SMILES string of the molecule is O=C(NCc1cccs1)[C@H]1CCCN1c1ncnc2sccc12. The second kappa shape index (κ2) is 6.25. The van der Waals surface area contributed by atoms with E-state index in [9.17, 15) is 4.79 Å². The van der Waals surface area contributed by atoms with Crippen LogP contribution in [-0.4, -0.2) is 28.5 Å². The maximum absolute atomic E-state index is 12.6. The molecule has 1 amide bonds. The van der Waals surface area contributed by atoms with Crippen LogP contribution >= 0.6 is 22.7 Å². The summed E-state index contributed by atoms with van der Waals surface area (Å²) >= 11 is 3.26. The quantitative estimate of drug-likeness (QED) is 0.790. The van der Waals surface area contributed by atoms with Gasteiger partial charge in [0.05, 0.1) is 11.9 Å². The summed E-state index contributed by atoms with van der Waals surface area (Å²) in [6.07, 6.45) is 3.46. The van der Waals surface area contributed by atoms with Crippen LogP contribution in [0.2, 0.25) is 0 Å². The van der Waals surface area contributed by atoms with E-state index in [0.29, 0.717) is 6.54 Å². The first-order valence-corrected chi connectivity index (χ1v) is 9.34. The van der Waals surface area contributed by atoms with Crippen molar-refractivity contribution in [3.05, 3.63) is 40.2 Å². The van der Waals surface area contributed by atoms with E-state index in [1.54, 1.807) is 29.0 Å². The molecule has 118 valence electrons. The van der Waals surface area contributed by atoms with Crippen LogP contribution in [0.25, 0.3) is 10.2 Å². The van der Waals surface area contributed by atoms with Gasteiger partial charge < -0.3 is 10.2 Å². The molecule has 0 unspecified atom stereocenters. The number of hydrogen-bond donors (Lipinski definition) is 1. The summed E-state index contributed by atoms with van der Waals surface area (Å²) in [7, 11) is 0. The number of thiophene rings is 2. The Morgan fingerprint density at radius 1 is 1.30 bits per heavy atom. The second-order valence-electron chi connectivity index (χ2n) is 5.49. The minimum Gasteiger partial charge on any atom is -0.349 e. The van der Waals surface area contributed by atoms with E-state index in [-0.39, 0.29) is 11.9 Å². The van der Waals surface area contributed by atoms with E-state index in [2.05, 4.69) is 20.2 Å². The predicted octanol–water partition coefficient (Wildman–Crippen LogP) is 3.04. The van der Waals surface area contributed by atoms with Crippen molar-refractivity contribution in [2.24, 2.45) is 0 Å². The average molecular weight is 344 g/mol. The molecule has 4 heterocycles. The molecule has 1 atom stereocenters. The first-order chi connectivity index (χ1) is 11.3. The summed E-state index contributed by atoms with van der Waals surface area (Å²) in [6.45, 7) is 1.46. The summed E-state index contributed by atoms with van der Waals surface area (Å²) in [5.41, 5.74) is 0. The minimum atomic E-state index is -0.145. The van der Waals surface area contributed by atoms with Gasteiger partial charge >= 0.3 is 0 Å². The molecular formula is C16H16N4OS2. The molecule has 3 aromatic rings. The van der Waals surface area contributed by atoms with E-state index in [1.165, 1.54) is 4.88 Å². The van der Waals surface area contributed by atoms with Crippen LogP contribution in [-0.2, 0) is 11.3 Å².